The van der Waals surface area contributed by atoms with Crippen molar-refractivity contribution in [3.8, 4) is 0 Å². The lowest BCUT2D eigenvalue weighted by Crippen LogP contribution is -2.38. The van der Waals surface area contributed by atoms with Crippen molar-refractivity contribution in [3.63, 3.8) is 0 Å². The maximum atomic E-state index is 11.0. The van der Waals surface area contributed by atoms with Crippen LogP contribution in [0.5, 0.6) is 0 Å². The maximum Gasteiger partial charge on any atom is 0.234 e. The number of carbonyl (C=O) groups excluding carboxylic acids is 1. The standard InChI is InChI=1S/C8H16N2O3/c11-5-7(12)3-9-4-8(13)10-6-1-2-6/h6-7,9,11-12H,1-5H2,(H,10,13). The van der Waals surface area contributed by atoms with Gasteiger partial charge in [0, 0.05) is 12.6 Å². The molecule has 4 N–H and O–H groups in total. The Labute approximate surface area is 77.1 Å². The normalized spacial score (nSPS) is 18.3. The van der Waals surface area contributed by atoms with Gasteiger partial charge in [0.1, 0.15) is 0 Å². The summed E-state index contributed by atoms with van der Waals surface area (Å²) < 4.78 is 0. The molecule has 0 bridgehead atoms. The molecular weight excluding hydrogens is 172 g/mol. The zero-order valence-electron chi connectivity index (χ0n) is 7.49. The number of aliphatic hydroxyl groups excluding tert-OH is 2. The average Bonchev–Trinajstić information content (AvgIpc) is 2.88. The summed E-state index contributed by atoms with van der Waals surface area (Å²) in [5.41, 5.74) is 0. The van der Waals surface area contributed by atoms with E-state index < -0.39 is 6.10 Å². The molecule has 1 aliphatic rings. The van der Waals surface area contributed by atoms with E-state index in [0.29, 0.717) is 6.04 Å². The van der Waals surface area contributed by atoms with Crippen LogP contribution in [0.3, 0.4) is 0 Å². The van der Waals surface area contributed by atoms with Gasteiger partial charge in [-0.2, -0.15) is 0 Å². The molecule has 1 atom stereocenters. The topological polar surface area (TPSA) is 81.6 Å². The van der Waals surface area contributed by atoms with Gasteiger partial charge in [0.15, 0.2) is 0 Å². The van der Waals surface area contributed by atoms with Crippen LogP contribution in [0, 0.1) is 0 Å². The lowest BCUT2D eigenvalue weighted by Gasteiger charge is -2.08. The predicted molar refractivity (Wildman–Crippen MR) is 47.1 cm³/mol. The quantitative estimate of drug-likeness (QED) is 0.397. The molecule has 1 saturated carbocycles. The molecule has 0 aliphatic heterocycles. The lowest BCUT2D eigenvalue weighted by atomic mass is 10.4. The highest BCUT2D eigenvalue weighted by Gasteiger charge is 2.22. The summed E-state index contributed by atoms with van der Waals surface area (Å²) in [4.78, 5) is 11.0. The summed E-state index contributed by atoms with van der Waals surface area (Å²) in [6.45, 7) is 0.166. The van der Waals surface area contributed by atoms with Crippen LogP contribution < -0.4 is 10.6 Å². The van der Waals surface area contributed by atoms with Crippen LogP contribution in [0.25, 0.3) is 0 Å². The summed E-state index contributed by atoms with van der Waals surface area (Å²) in [7, 11) is 0. The molecule has 1 unspecified atom stereocenters. The van der Waals surface area contributed by atoms with Crippen LogP contribution in [0.15, 0.2) is 0 Å². The number of rotatable bonds is 6. The van der Waals surface area contributed by atoms with Crippen molar-refractivity contribution < 1.29 is 15.0 Å². The molecule has 0 spiro atoms. The third-order valence-electron chi connectivity index (χ3n) is 1.82. The first-order valence-electron chi connectivity index (χ1n) is 4.51. The maximum absolute atomic E-state index is 11.0. The van der Waals surface area contributed by atoms with Gasteiger partial charge in [-0.15, -0.1) is 0 Å². The predicted octanol–water partition coefficient (Wildman–Crippen LogP) is -1.79. The minimum atomic E-state index is -0.784. The molecule has 76 valence electrons. The van der Waals surface area contributed by atoms with Crippen molar-refractivity contribution in [2.24, 2.45) is 0 Å². The van der Waals surface area contributed by atoms with Gasteiger partial charge in [-0.25, -0.2) is 0 Å². The van der Waals surface area contributed by atoms with Crippen LogP contribution >= 0.6 is 0 Å². The van der Waals surface area contributed by atoms with E-state index in [1.807, 2.05) is 0 Å². The minimum Gasteiger partial charge on any atom is -0.394 e. The molecule has 0 saturated heterocycles. The molecule has 0 aromatic rings. The van der Waals surface area contributed by atoms with E-state index in [2.05, 4.69) is 10.6 Å². The van der Waals surface area contributed by atoms with Crippen LogP contribution in [0.4, 0.5) is 0 Å². The molecule has 0 aromatic heterocycles. The van der Waals surface area contributed by atoms with Gasteiger partial charge in [0.2, 0.25) is 5.91 Å². The van der Waals surface area contributed by atoms with E-state index in [1.165, 1.54) is 0 Å². The van der Waals surface area contributed by atoms with Crippen LogP contribution in [0.2, 0.25) is 0 Å². The third-order valence-corrected chi connectivity index (χ3v) is 1.82. The molecule has 0 radical (unpaired) electrons. The molecule has 1 aliphatic carbocycles. The first-order valence-corrected chi connectivity index (χ1v) is 4.51. The number of hydrogen-bond donors (Lipinski definition) is 4. The smallest absolute Gasteiger partial charge is 0.234 e. The van der Waals surface area contributed by atoms with Crippen molar-refractivity contribution >= 4 is 5.91 Å². The van der Waals surface area contributed by atoms with Gasteiger partial charge in [-0.1, -0.05) is 0 Å². The number of hydrogen-bond acceptors (Lipinski definition) is 4. The number of carbonyl (C=O) groups is 1. The van der Waals surface area contributed by atoms with Gasteiger partial charge in [0.05, 0.1) is 19.3 Å². The van der Waals surface area contributed by atoms with Crippen molar-refractivity contribution in [1.29, 1.82) is 0 Å². The first-order chi connectivity index (χ1) is 6.22. The third kappa shape index (κ3) is 4.82. The molecule has 1 fully saturated rings. The van der Waals surface area contributed by atoms with Crippen molar-refractivity contribution in [2.45, 2.75) is 25.0 Å². The van der Waals surface area contributed by atoms with E-state index in [1.54, 1.807) is 0 Å². The van der Waals surface area contributed by atoms with E-state index in [0.717, 1.165) is 12.8 Å². The molecule has 0 heterocycles. The molecule has 5 heteroatoms. The molecule has 13 heavy (non-hydrogen) atoms. The number of amides is 1. The SMILES string of the molecule is O=C(CNCC(O)CO)NC1CC1. The highest BCUT2D eigenvalue weighted by Crippen LogP contribution is 2.17. The Morgan fingerprint density at radius 3 is 2.77 bits per heavy atom. The monoisotopic (exact) mass is 188 g/mol. The summed E-state index contributed by atoms with van der Waals surface area (Å²) in [5.74, 6) is -0.0485. The van der Waals surface area contributed by atoms with Crippen molar-refractivity contribution in [3.05, 3.63) is 0 Å². The van der Waals surface area contributed by atoms with Crippen LogP contribution in [-0.4, -0.2) is 48.0 Å². The number of aliphatic hydroxyl groups is 2. The Balaban J connectivity index is 1.94. The molecule has 1 rings (SSSR count). The fraction of sp³-hybridized carbons (Fsp3) is 0.875. The molecule has 5 nitrogen and oxygen atoms in total. The second kappa shape index (κ2) is 5.16. The molecular formula is C8H16N2O3. The summed E-state index contributed by atoms with van der Waals surface area (Å²) in [6, 6.07) is 0.372. The van der Waals surface area contributed by atoms with Crippen LogP contribution in [0.1, 0.15) is 12.8 Å². The molecule has 1 amide bonds. The largest absolute Gasteiger partial charge is 0.394 e. The van der Waals surface area contributed by atoms with Crippen molar-refractivity contribution in [1.82, 2.24) is 10.6 Å². The summed E-state index contributed by atoms with van der Waals surface area (Å²) in [5, 5.41) is 22.9. The highest BCUT2D eigenvalue weighted by atomic mass is 16.3. The number of nitrogens with one attached hydrogen (secondary N) is 2. The van der Waals surface area contributed by atoms with Gasteiger partial charge in [-0.05, 0) is 12.8 Å². The molecule has 0 aromatic carbocycles. The van der Waals surface area contributed by atoms with Gasteiger partial charge >= 0.3 is 0 Å². The zero-order chi connectivity index (χ0) is 9.68. The Bertz CT molecular complexity index is 171. The van der Waals surface area contributed by atoms with Gasteiger partial charge in [0.25, 0.3) is 0 Å². The Hall–Kier alpha value is -0.650. The van der Waals surface area contributed by atoms with Crippen LogP contribution in [-0.2, 0) is 4.79 Å². The second-order valence-corrected chi connectivity index (χ2v) is 3.31. The Morgan fingerprint density at radius 1 is 1.54 bits per heavy atom. The van der Waals surface area contributed by atoms with Gasteiger partial charge in [-0.3, -0.25) is 4.79 Å². The Morgan fingerprint density at radius 2 is 2.23 bits per heavy atom. The minimum absolute atomic E-state index is 0.0485. The highest BCUT2D eigenvalue weighted by molar-refractivity contribution is 5.78. The van der Waals surface area contributed by atoms with E-state index in [-0.39, 0.29) is 25.6 Å². The first kappa shape index (κ1) is 10.4. The van der Waals surface area contributed by atoms with E-state index in [4.69, 9.17) is 10.2 Å². The average molecular weight is 188 g/mol. The fourth-order valence-electron chi connectivity index (χ4n) is 0.923. The zero-order valence-corrected chi connectivity index (χ0v) is 7.49. The second-order valence-electron chi connectivity index (χ2n) is 3.31. The van der Waals surface area contributed by atoms with Crippen molar-refractivity contribution in [2.75, 3.05) is 19.7 Å². The van der Waals surface area contributed by atoms with Gasteiger partial charge < -0.3 is 20.8 Å². The fourth-order valence-corrected chi connectivity index (χ4v) is 0.923. The van der Waals surface area contributed by atoms with E-state index in [9.17, 15) is 4.79 Å². The summed E-state index contributed by atoms with van der Waals surface area (Å²) in [6.07, 6.45) is 1.37. The lowest BCUT2D eigenvalue weighted by molar-refractivity contribution is -0.120. The summed E-state index contributed by atoms with van der Waals surface area (Å²) >= 11 is 0. The van der Waals surface area contributed by atoms with E-state index >= 15 is 0 Å². The Kier molecular flexibility index (Phi) is 4.14.